The van der Waals surface area contributed by atoms with Gasteiger partial charge < -0.3 is 14.8 Å². The molecule has 1 N–H and O–H groups in total. The Labute approximate surface area is 186 Å². The molecule has 4 rings (SSSR count). The lowest BCUT2D eigenvalue weighted by Crippen LogP contribution is -2.33. The molecule has 0 aliphatic carbocycles. The third-order valence-electron chi connectivity index (χ3n) is 6.39. The summed E-state index contributed by atoms with van der Waals surface area (Å²) < 4.78 is 2.31. The highest BCUT2D eigenvalue weighted by Crippen LogP contribution is 2.23. The Morgan fingerprint density at radius 1 is 1.00 bits per heavy atom. The maximum absolute atomic E-state index is 12.4. The van der Waals surface area contributed by atoms with Crippen LogP contribution in [0.3, 0.4) is 0 Å². The normalized spacial score (nSPS) is 14.7. The fourth-order valence-corrected chi connectivity index (χ4v) is 4.59. The van der Waals surface area contributed by atoms with Crippen LogP contribution in [-0.2, 0) is 17.8 Å². The van der Waals surface area contributed by atoms with Gasteiger partial charge in [-0.3, -0.25) is 4.79 Å². The van der Waals surface area contributed by atoms with E-state index in [1.807, 2.05) is 0 Å². The summed E-state index contributed by atoms with van der Waals surface area (Å²) in [6.07, 6.45) is 8.61. The number of fused-ring (bicyclic) bond motifs is 1. The molecule has 4 heteroatoms. The molecule has 0 saturated carbocycles. The molecule has 0 spiro atoms. The average molecular weight is 418 g/mol. The molecule has 1 fully saturated rings. The van der Waals surface area contributed by atoms with Crippen molar-refractivity contribution in [3.63, 3.8) is 0 Å². The van der Waals surface area contributed by atoms with Crippen molar-refractivity contribution >= 4 is 16.8 Å². The molecule has 0 unspecified atom stereocenters. The second-order valence-corrected chi connectivity index (χ2v) is 8.89. The second-order valence-electron chi connectivity index (χ2n) is 8.89. The number of carbonyl (C=O) groups is 1. The van der Waals surface area contributed by atoms with E-state index in [1.165, 1.54) is 59.9 Å². The second kappa shape index (κ2) is 10.6. The van der Waals surface area contributed by atoms with Crippen LogP contribution in [0.25, 0.3) is 10.9 Å². The van der Waals surface area contributed by atoms with Crippen LogP contribution in [0.1, 0.15) is 48.8 Å². The molecule has 1 amide bonds. The monoisotopic (exact) mass is 417 g/mol. The van der Waals surface area contributed by atoms with E-state index in [0.29, 0.717) is 6.42 Å². The molecule has 1 aromatic heterocycles. The number of rotatable bonds is 9. The summed E-state index contributed by atoms with van der Waals surface area (Å²) in [4.78, 5) is 14.9. The molecule has 3 aromatic rings. The van der Waals surface area contributed by atoms with E-state index in [-0.39, 0.29) is 5.91 Å². The zero-order chi connectivity index (χ0) is 21.5. The molecule has 2 aromatic carbocycles. The van der Waals surface area contributed by atoms with Crippen LogP contribution in [-0.4, -0.2) is 41.6 Å². The van der Waals surface area contributed by atoms with Gasteiger partial charge in [-0.2, -0.15) is 0 Å². The minimum atomic E-state index is 0.161. The Bertz CT molecular complexity index is 983. The van der Waals surface area contributed by atoms with Gasteiger partial charge >= 0.3 is 0 Å². The van der Waals surface area contributed by atoms with Crippen molar-refractivity contribution < 1.29 is 4.79 Å². The summed E-state index contributed by atoms with van der Waals surface area (Å²) >= 11 is 0. The maximum Gasteiger partial charge on any atom is 0.220 e. The number of hydrogen-bond acceptors (Lipinski definition) is 2. The molecule has 2 heterocycles. The molecule has 0 bridgehead atoms. The quantitative estimate of drug-likeness (QED) is 0.502. The smallest absolute Gasteiger partial charge is 0.220 e. The van der Waals surface area contributed by atoms with Gasteiger partial charge in [0.05, 0.1) is 0 Å². The number of aromatic nitrogens is 1. The summed E-state index contributed by atoms with van der Waals surface area (Å²) in [7, 11) is 0. The standard InChI is InChI=1S/C27H35N3O/c1-22-10-12-23(13-11-22)20-30-21-24(25-8-3-4-9-26(25)30)14-15-27(31)28-16-7-19-29-17-5-2-6-18-29/h3-4,8-13,21H,2,5-7,14-20H2,1H3,(H,28,31). The highest BCUT2D eigenvalue weighted by molar-refractivity contribution is 5.85. The van der Waals surface area contributed by atoms with Gasteiger partial charge in [-0.1, -0.05) is 54.4 Å². The number of hydrogen-bond donors (Lipinski definition) is 1. The number of amides is 1. The molecule has 1 aliphatic heterocycles. The first kappa shape index (κ1) is 21.6. The highest BCUT2D eigenvalue weighted by Gasteiger charge is 2.12. The van der Waals surface area contributed by atoms with Crippen LogP contribution in [0.5, 0.6) is 0 Å². The summed E-state index contributed by atoms with van der Waals surface area (Å²) in [6, 6.07) is 17.2. The number of piperidine rings is 1. The van der Waals surface area contributed by atoms with Crippen LogP contribution >= 0.6 is 0 Å². The molecule has 31 heavy (non-hydrogen) atoms. The van der Waals surface area contributed by atoms with E-state index in [9.17, 15) is 4.79 Å². The van der Waals surface area contributed by atoms with Gasteiger partial charge in [-0.05, 0) is 69.4 Å². The van der Waals surface area contributed by atoms with Crippen molar-refractivity contribution in [3.8, 4) is 0 Å². The van der Waals surface area contributed by atoms with Gasteiger partial charge in [0.25, 0.3) is 0 Å². The summed E-state index contributed by atoms with van der Waals surface area (Å²) in [5.41, 5.74) is 5.07. The van der Waals surface area contributed by atoms with Crippen LogP contribution < -0.4 is 5.32 Å². The van der Waals surface area contributed by atoms with Crippen molar-refractivity contribution in [1.82, 2.24) is 14.8 Å². The van der Waals surface area contributed by atoms with E-state index < -0.39 is 0 Å². The zero-order valence-corrected chi connectivity index (χ0v) is 18.8. The first-order valence-corrected chi connectivity index (χ1v) is 11.8. The van der Waals surface area contributed by atoms with Crippen LogP contribution in [0.15, 0.2) is 54.7 Å². The van der Waals surface area contributed by atoms with E-state index in [2.05, 4.69) is 76.4 Å². The van der Waals surface area contributed by atoms with Gasteiger partial charge in [0.2, 0.25) is 5.91 Å². The minimum Gasteiger partial charge on any atom is -0.356 e. The van der Waals surface area contributed by atoms with E-state index in [1.54, 1.807) is 0 Å². The number of likely N-dealkylation sites (tertiary alicyclic amines) is 1. The first-order chi connectivity index (χ1) is 15.2. The predicted octanol–water partition coefficient (Wildman–Crippen LogP) is 4.92. The number of para-hydroxylation sites is 1. The molecule has 0 atom stereocenters. The fraction of sp³-hybridized carbons (Fsp3) is 0.444. The lowest BCUT2D eigenvalue weighted by molar-refractivity contribution is -0.121. The molecular formula is C27H35N3O. The van der Waals surface area contributed by atoms with Crippen molar-refractivity contribution in [1.29, 1.82) is 0 Å². The number of carbonyl (C=O) groups excluding carboxylic acids is 1. The van der Waals surface area contributed by atoms with Crippen molar-refractivity contribution in [3.05, 3.63) is 71.4 Å². The third-order valence-corrected chi connectivity index (χ3v) is 6.39. The zero-order valence-electron chi connectivity index (χ0n) is 18.8. The number of benzene rings is 2. The summed E-state index contributed by atoms with van der Waals surface area (Å²) in [5.74, 6) is 0.161. The Morgan fingerprint density at radius 3 is 2.58 bits per heavy atom. The third kappa shape index (κ3) is 5.98. The Morgan fingerprint density at radius 2 is 1.77 bits per heavy atom. The average Bonchev–Trinajstić information content (AvgIpc) is 3.15. The number of aryl methyl sites for hydroxylation is 2. The minimum absolute atomic E-state index is 0.161. The number of nitrogens with one attached hydrogen (secondary N) is 1. The van der Waals surface area contributed by atoms with Crippen molar-refractivity contribution in [2.45, 2.75) is 52.0 Å². The SMILES string of the molecule is Cc1ccc(Cn2cc(CCC(=O)NCCCN3CCCCC3)c3ccccc32)cc1. The maximum atomic E-state index is 12.4. The van der Waals surface area contributed by atoms with Gasteiger partial charge in [0.15, 0.2) is 0 Å². The highest BCUT2D eigenvalue weighted by atomic mass is 16.1. The Balaban J connectivity index is 1.30. The van der Waals surface area contributed by atoms with Crippen LogP contribution in [0, 0.1) is 6.92 Å². The van der Waals surface area contributed by atoms with Crippen LogP contribution in [0.2, 0.25) is 0 Å². The predicted molar refractivity (Wildman–Crippen MR) is 128 cm³/mol. The van der Waals surface area contributed by atoms with Crippen molar-refractivity contribution in [2.24, 2.45) is 0 Å². The largest absolute Gasteiger partial charge is 0.356 e. The van der Waals surface area contributed by atoms with E-state index in [4.69, 9.17) is 0 Å². The van der Waals surface area contributed by atoms with E-state index in [0.717, 1.165) is 32.5 Å². The van der Waals surface area contributed by atoms with Gasteiger partial charge in [0.1, 0.15) is 0 Å². The summed E-state index contributed by atoms with van der Waals surface area (Å²) in [6.45, 7) is 7.30. The summed E-state index contributed by atoms with van der Waals surface area (Å²) in [5, 5.41) is 4.38. The molecular weight excluding hydrogens is 382 g/mol. The van der Waals surface area contributed by atoms with Gasteiger partial charge in [0, 0.05) is 36.6 Å². The Hall–Kier alpha value is -2.59. The molecule has 0 radical (unpaired) electrons. The topological polar surface area (TPSA) is 37.3 Å². The molecule has 4 nitrogen and oxygen atoms in total. The molecule has 1 saturated heterocycles. The molecule has 1 aliphatic rings. The molecule has 164 valence electrons. The lowest BCUT2D eigenvalue weighted by Gasteiger charge is -2.26. The number of nitrogens with zero attached hydrogens (tertiary/aromatic N) is 2. The van der Waals surface area contributed by atoms with Gasteiger partial charge in [-0.25, -0.2) is 0 Å². The van der Waals surface area contributed by atoms with Gasteiger partial charge in [-0.15, -0.1) is 0 Å². The van der Waals surface area contributed by atoms with E-state index >= 15 is 0 Å². The Kier molecular flexibility index (Phi) is 7.42. The first-order valence-electron chi connectivity index (χ1n) is 11.8. The van der Waals surface area contributed by atoms with Crippen LogP contribution in [0.4, 0.5) is 0 Å². The fourth-order valence-electron chi connectivity index (χ4n) is 4.59. The van der Waals surface area contributed by atoms with Crippen molar-refractivity contribution in [2.75, 3.05) is 26.2 Å². The lowest BCUT2D eigenvalue weighted by atomic mass is 10.1.